The van der Waals surface area contributed by atoms with Crippen LogP contribution in [0, 0.1) is 0 Å². The van der Waals surface area contributed by atoms with Gasteiger partial charge in [0.2, 0.25) is 0 Å². The molecule has 6 nitrogen and oxygen atoms in total. The summed E-state index contributed by atoms with van der Waals surface area (Å²) in [6, 6.07) is 17.4. The van der Waals surface area contributed by atoms with Gasteiger partial charge in [-0.3, -0.25) is 9.69 Å². The summed E-state index contributed by atoms with van der Waals surface area (Å²) < 4.78 is 0. The second-order valence-electron chi connectivity index (χ2n) is 4.83. The Balaban J connectivity index is 2.40. The Hall–Kier alpha value is -2.86. The highest BCUT2D eigenvalue weighted by Crippen LogP contribution is 2.26. The molecule has 0 fully saturated rings. The summed E-state index contributed by atoms with van der Waals surface area (Å²) in [5.74, 6) is -1.13. The van der Waals surface area contributed by atoms with Crippen molar-refractivity contribution in [2.45, 2.75) is 0 Å². The largest absolute Gasteiger partial charge is 0.480 e. The molecule has 2 aromatic carbocycles. The van der Waals surface area contributed by atoms with Gasteiger partial charge in [-0.1, -0.05) is 36.4 Å². The lowest BCUT2D eigenvalue weighted by Gasteiger charge is -2.29. The number of rotatable bonds is 6. The van der Waals surface area contributed by atoms with Crippen molar-refractivity contribution in [2.24, 2.45) is 0 Å². The van der Waals surface area contributed by atoms with E-state index < -0.39 is 18.5 Å². The number of para-hydroxylation sites is 2. The van der Waals surface area contributed by atoms with Crippen LogP contribution < -0.4 is 4.90 Å². The molecular weight excluding hydrogens is 296 g/mol. The second kappa shape index (κ2) is 7.95. The van der Waals surface area contributed by atoms with E-state index in [1.165, 1.54) is 4.90 Å². The third kappa shape index (κ3) is 4.31. The number of anilines is 2. The summed E-state index contributed by atoms with van der Waals surface area (Å²) in [6.07, 6.45) is 0. The van der Waals surface area contributed by atoms with Crippen LogP contribution in [0.15, 0.2) is 60.7 Å². The Morgan fingerprint density at radius 1 is 0.870 bits per heavy atom. The third-order valence-electron chi connectivity index (χ3n) is 3.19. The number of hydrogen-bond acceptors (Lipinski definition) is 3. The number of nitrogens with zero attached hydrogens (tertiary/aromatic N) is 2. The molecule has 2 rings (SSSR count). The maximum absolute atomic E-state index is 12.8. The Morgan fingerprint density at radius 2 is 1.35 bits per heavy atom. The zero-order chi connectivity index (χ0) is 16.7. The first-order valence-corrected chi connectivity index (χ1v) is 7.15. The first-order valence-electron chi connectivity index (χ1n) is 7.15. The van der Waals surface area contributed by atoms with Gasteiger partial charge >= 0.3 is 12.0 Å². The highest BCUT2D eigenvalue weighted by Gasteiger charge is 2.25. The van der Waals surface area contributed by atoms with Gasteiger partial charge in [-0.15, -0.1) is 0 Å². The van der Waals surface area contributed by atoms with Crippen LogP contribution >= 0.6 is 0 Å². The van der Waals surface area contributed by atoms with Crippen LogP contribution in [0.4, 0.5) is 16.2 Å². The van der Waals surface area contributed by atoms with Crippen LogP contribution in [-0.4, -0.2) is 46.8 Å². The highest BCUT2D eigenvalue weighted by atomic mass is 16.4. The molecule has 23 heavy (non-hydrogen) atoms. The number of carbonyl (C=O) groups is 2. The molecule has 120 valence electrons. The molecule has 0 spiro atoms. The molecule has 0 saturated carbocycles. The van der Waals surface area contributed by atoms with E-state index in [0.29, 0.717) is 11.4 Å². The zero-order valence-corrected chi connectivity index (χ0v) is 12.5. The van der Waals surface area contributed by atoms with Crippen molar-refractivity contribution < 1.29 is 19.8 Å². The molecule has 0 radical (unpaired) electrons. The molecule has 0 unspecified atom stereocenters. The van der Waals surface area contributed by atoms with Gasteiger partial charge < -0.3 is 15.1 Å². The third-order valence-corrected chi connectivity index (χ3v) is 3.19. The lowest BCUT2D eigenvalue weighted by molar-refractivity contribution is -0.137. The normalized spacial score (nSPS) is 10.1. The van der Waals surface area contributed by atoms with E-state index in [0.717, 1.165) is 4.90 Å². The lowest BCUT2D eigenvalue weighted by Crippen LogP contribution is -2.44. The SMILES string of the molecule is O=C(O)CN(CCO)C(=O)N(c1ccccc1)c1ccccc1. The summed E-state index contributed by atoms with van der Waals surface area (Å²) in [4.78, 5) is 26.4. The summed E-state index contributed by atoms with van der Waals surface area (Å²) in [5, 5.41) is 18.1. The minimum absolute atomic E-state index is 0.0543. The fourth-order valence-corrected chi connectivity index (χ4v) is 2.19. The standard InChI is InChI=1S/C17H18N2O4/c20-12-11-18(13-16(21)22)17(23)19(14-7-3-1-4-8-14)15-9-5-2-6-10-15/h1-10,20H,11-13H2,(H,21,22). The number of carboxylic acids is 1. The topological polar surface area (TPSA) is 81.1 Å². The number of aliphatic hydroxyl groups is 1. The van der Waals surface area contributed by atoms with E-state index >= 15 is 0 Å². The van der Waals surface area contributed by atoms with Crippen LogP contribution in [0.5, 0.6) is 0 Å². The van der Waals surface area contributed by atoms with Crippen LogP contribution in [0.25, 0.3) is 0 Å². The number of urea groups is 1. The van der Waals surface area contributed by atoms with Crippen LogP contribution in [0.3, 0.4) is 0 Å². The Morgan fingerprint density at radius 3 is 1.74 bits per heavy atom. The predicted octanol–water partition coefficient (Wildman–Crippen LogP) is 2.32. The predicted molar refractivity (Wildman–Crippen MR) is 86.7 cm³/mol. The van der Waals surface area contributed by atoms with E-state index in [1.54, 1.807) is 48.5 Å². The van der Waals surface area contributed by atoms with Crippen molar-refractivity contribution in [3.05, 3.63) is 60.7 Å². The minimum Gasteiger partial charge on any atom is -0.480 e. The summed E-state index contributed by atoms with van der Waals surface area (Å²) in [5.41, 5.74) is 1.24. The quantitative estimate of drug-likeness (QED) is 0.857. The van der Waals surface area contributed by atoms with Gasteiger partial charge in [-0.2, -0.15) is 0 Å². The monoisotopic (exact) mass is 314 g/mol. The zero-order valence-electron chi connectivity index (χ0n) is 12.5. The van der Waals surface area contributed by atoms with E-state index in [1.807, 2.05) is 12.1 Å². The number of carbonyl (C=O) groups excluding carboxylic acids is 1. The molecule has 0 atom stereocenters. The maximum Gasteiger partial charge on any atom is 0.329 e. The number of aliphatic carboxylic acids is 1. The average molecular weight is 314 g/mol. The molecule has 0 aliphatic carbocycles. The molecule has 0 heterocycles. The highest BCUT2D eigenvalue weighted by molar-refractivity contribution is 6.00. The van der Waals surface area contributed by atoms with Crippen molar-refractivity contribution in [3.63, 3.8) is 0 Å². The summed E-state index contributed by atoms with van der Waals surface area (Å²) >= 11 is 0. The summed E-state index contributed by atoms with van der Waals surface area (Å²) in [6.45, 7) is -0.840. The van der Waals surface area contributed by atoms with Gasteiger partial charge in [-0.25, -0.2) is 4.79 Å². The molecule has 0 aliphatic heterocycles. The van der Waals surface area contributed by atoms with Gasteiger partial charge in [0.05, 0.1) is 18.0 Å². The van der Waals surface area contributed by atoms with E-state index in [-0.39, 0.29) is 13.2 Å². The molecular formula is C17H18N2O4. The van der Waals surface area contributed by atoms with E-state index in [9.17, 15) is 9.59 Å². The van der Waals surface area contributed by atoms with Gasteiger partial charge in [0.1, 0.15) is 6.54 Å². The fraction of sp³-hybridized carbons (Fsp3) is 0.176. The summed E-state index contributed by atoms with van der Waals surface area (Å²) in [7, 11) is 0. The molecule has 0 bridgehead atoms. The van der Waals surface area contributed by atoms with E-state index in [2.05, 4.69) is 0 Å². The molecule has 6 heteroatoms. The minimum atomic E-state index is -1.13. The number of benzene rings is 2. The molecule has 2 aromatic rings. The molecule has 2 N–H and O–H groups in total. The number of amides is 2. The maximum atomic E-state index is 12.8. The molecule has 0 aliphatic rings. The van der Waals surface area contributed by atoms with Crippen LogP contribution in [-0.2, 0) is 4.79 Å². The van der Waals surface area contributed by atoms with Crippen molar-refractivity contribution in [3.8, 4) is 0 Å². The first kappa shape index (κ1) is 16.5. The number of carboxylic acid groups (broad SMARTS) is 1. The molecule has 2 amide bonds. The number of hydrogen-bond donors (Lipinski definition) is 2. The lowest BCUT2D eigenvalue weighted by atomic mass is 10.2. The average Bonchev–Trinajstić information content (AvgIpc) is 2.56. The smallest absolute Gasteiger partial charge is 0.329 e. The first-order chi connectivity index (χ1) is 11.1. The van der Waals surface area contributed by atoms with E-state index in [4.69, 9.17) is 10.2 Å². The van der Waals surface area contributed by atoms with Crippen molar-refractivity contribution in [1.82, 2.24) is 4.90 Å². The second-order valence-corrected chi connectivity index (χ2v) is 4.83. The number of aliphatic hydroxyl groups excluding tert-OH is 1. The van der Waals surface area contributed by atoms with Crippen LogP contribution in [0.2, 0.25) is 0 Å². The Bertz CT molecular complexity index is 607. The van der Waals surface area contributed by atoms with Crippen molar-refractivity contribution >= 4 is 23.4 Å². The van der Waals surface area contributed by atoms with Crippen LogP contribution in [0.1, 0.15) is 0 Å². The van der Waals surface area contributed by atoms with Gasteiger partial charge in [0, 0.05) is 6.54 Å². The van der Waals surface area contributed by atoms with Gasteiger partial charge in [0.15, 0.2) is 0 Å². The van der Waals surface area contributed by atoms with Gasteiger partial charge in [-0.05, 0) is 24.3 Å². The Labute approximate surface area is 134 Å². The Kier molecular flexibility index (Phi) is 5.71. The fourth-order valence-electron chi connectivity index (χ4n) is 2.19. The molecule has 0 aromatic heterocycles. The van der Waals surface area contributed by atoms with Crippen molar-refractivity contribution in [1.29, 1.82) is 0 Å². The van der Waals surface area contributed by atoms with Gasteiger partial charge in [0.25, 0.3) is 0 Å². The van der Waals surface area contributed by atoms with Crippen molar-refractivity contribution in [2.75, 3.05) is 24.6 Å². The molecule has 0 saturated heterocycles.